The predicted molar refractivity (Wildman–Crippen MR) is 106 cm³/mol. The molecule has 1 fully saturated rings. The quantitative estimate of drug-likeness (QED) is 0.851. The minimum atomic E-state index is 0.284. The van der Waals surface area contributed by atoms with Gasteiger partial charge in [-0.1, -0.05) is 55.7 Å². The van der Waals surface area contributed by atoms with Crippen molar-refractivity contribution >= 4 is 11.9 Å². The van der Waals surface area contributed by atoms with E-state index in [-0.39, 0.29) is 6.04 Å². The van der Waals surface area contributed by atoms with E-state index < -0.39 is 0 Å². The molecule has 25 heavy (non-hydrogen) atoms. The molecule has 0 spiro atoms. The SMILES string of the molecule is CC1=CC(c2ccc(CNCC3CCCCC3)cc2)=CC2NC=NC12. The fraction of sp³-hybridized carbons (Fsp3) is 0.500. The topological polar surface area (TPSA) is 36.4 Å². The number of nitrogens with one attached hydrogen (secondary N) is 2. The van der Waals surface area contributed by atoms with Crippen molar-refractivity contribution in [1.29, 1.82) is 0 Å². The average molecular weight is 335 g/mol. The number of allylic oxidation sites excluding steroid dienone is 2. The van der Waals surface area contributed by atoms with Gasteiger partial charge in [0.15, 0.2) is 0 Å². The standard InChI is InChI=1S/C22H29N3/c1-16-11-20(12-21-22(16)25-15-24-21)19-9-7-18(8-10-19)14-23-13-17-5-3-2-4-6-17/h7-12,15,17,21-23H,2-6,13-14H2,1H3,(H,24,25). The van der Waals surface area contributed by atoms with E-state index in [4.69, 9.17) is 0 Å². The minimum absolute atomic E-state index is 0.284. The summed E-state index contributed by atoms with van der Waals surface area (Å²) in [5.74, 6) is 0.891. The lowest BCUT2D eigenvalue weighted by molar-refractivity contribution is 0.342. The second-order valence-electron chi connectivity index (χ2n) is 7.76. The van der Waals surface area contributed by atoms with Gasteiger partial charge in [0, 0.05) is 6.54 Å². The third-order valence-corrected chi connectivity index (χ3v) is 5.83. The molecule has 1 aliphatic heterocycles. The maximum Gasteiger partial charge on any atom is 0.0964 e. The van der Waals surface area contributed by atoms with Crippen molar-refractivity contribution in [3.8, 4) is 0 Å². The van der Waals surface area contributed by atoms with Crippen molar-refractivity contribution in [3.05, 3.63) is 53.1 Å². The Hall–Kier alpha value is -1.87. The second kappa shape index (κ2) is 7.57. The molecule has 2 atom stereocenters. The van der Waals surface area contributed by atoms with E-state index >= 15 is 0 Å². The van der Waals surface area contributed by atoms with Gasteiger partial charge in [-0.25, -0.2) is 0 Å². The third kappa shape index (κ3) is 3.87. The van der Waals surface area contributed by atoms with Crippen LogP contribution in [0.15, 0.2) is 47.0 Å². The molecule has 4 rings (SSSR count). The van der Waals surface area contributed by atoms with Crippen molar-refractivity contribution in [2.75, 3.05) is 6.54 Å². The van der Waals surface area contributed by atoms with Crippen LogP contribution in [0.25, 0.3) is 5.57 Å². The number of nitrogens with zero attached hydrogens (tertiary/aromatic N) is 1. The largest absolute Gasteiger partial charge is 0.368 e. The summed E-state index contributed by atoms with van der Waals surface area (Å²) in [7, 11) is 0. The highest BCUT2D eigenvalue weighted by molar-refractivity contribution is 5.79. The van der Waals surface area contributed by atoms with Gasteiger partial charge >= 0.3 is 0 Å². The first-order chi connectivity index (χ1) is 12.3. The molecule has 0 radical (unpaired) electrons. The van der Waals surface area contributed by atoms with E-state index in [9.17, 15) is 0 Å². The Morgan fingerprint density at radius 2 is 1.92 bits per heavy atom. The van der Waals surface area contributed by atoms with Crippen LogP contribution in [0.4, 0.5) is 0 Å². The molecule has 132 valence electrons. The van der Waals surface area contributed by atoms with Crippen molar-refractivity contribution in [2.45, 2.75) is 57.7 Å². The zero-order valence-corrected chi connectivity index (χ0v) is 15.2. The van der Waals surface area contributed by atoms with Gasteiger partial charge in [0.1, 0.15) is 0 Å². The molecule has 2 N–H and O–H groups in total. The van der Waals surface area contributed by atoms with Crippen molar-refractivity contribution in [3.63, 3.8) is 0 Å². The predicted octanol–water partition coefficient (Wildman–Crippen LogP) is 4.07. The van der Waals surface area contributed by atoms with Crippen LogP contribution >= 0.6 is 0 Å². The van der Waals surface area contributed by atoms with Gasteiger partial charge in [0.25, 0.3) is 0 Å². The zero-order valence-electron chi connectivity index (χ0n) is 15.2. The first kappa shape index (κ1) is 16.6. The summed E-state index contributed by atoms with van der Waals surface area (Å²) in [5.41, 5.74) is 5.31. The summed E-state index contributed by atoms with van der Waals surface area (Å²) in [6.45, 7) is 4.33. The summed E-state index contributed by atoms with van der Waals surface area (Å²) in [5, 5.41) is 6.99. The molecule has 1 heterocycles. The third-order valence-electron chi connectivity index (χ3n) is 5.83. The lowest BCUT2D eigenvalue weighted by atomic mass is 9.89. The Labute approximate surface area is 151 Å². The number of rotatable bonds is 5. The van der Waals surface area contributed by atoms with E-state index in [1.165, 1.54) is 60.9 Å². The van der Waals surface area contributed by atoms with E-state index in [0.717, 1.165) is 12.5 Å². The minimum Gasteiger partial charge on any atom is -0.368 e. The Morgan fingerprint density at radius 3 is 2.72 bits per heavy atom. The smallest absolute Gasteiger partial charge is 0.0964 e. The summed E-state index contributed by atoms with van der Waals surface area (Å²) < 4.78 is 0. The number of hydrogen-bond donors (Lipinski definition) is 2. The lowest BCUT2D eigenvalue weighted by Gasteiger charge is -2.23. The Kier molecular flexibility index (Phi) is 5.02. The molecule has 2 unspecified atom stereocenters. The molecule has 3 nitrogen and oxygen atoms in total. The van der Waals surface area contributed by atoms with Gasteiger partial charge in [-0.2, -0.15) is 0 Å². The van der Waals surface area contributed by atoms with Crippen LogP contribution in [0.3, 0.4) is 0 Å². The fourth-order valence-electron chi connectivity index (χ4n) is 4.31. The van der Waals surface area contributed by atoms with Crippen LogP contribution in [0.2, 0.25) is 0 Å². The molecule has 1 aromatic rings. The van der Waals surface area contributed by atoms with Crippen molar-refractivity contribution in [1.82, 2.24) is 10.6 Å². The number of fused-ring (bicyclic) bond motifs is 1. The normalized spacial score (nSPS) is 26.0. The van der Waals surface area contributed by atoms with Crippen LogP contribution in [0, 0.1) is 5.92 Å². The lowest BCUT2D eigenvalue weighted by Crippen LogP contribution is -2.32. The van der Waals surface area contributed by atoms with Crippen molar-refractivity contribution in [2.24, 2.45) is 10.9 Å². The maximum atomic E-state index is 4.50. The molecule has 0 saturated heterocycles. The summed E-state index contributed by atoms with van der Waals surface area (Å²) in [6.07, 6.45) is 13.5. The molecule has 2 aliphatic carbocycles. The Bertz CT molecular complexity index is 678. The van der Waals surface area contributed by atoms with E-state index in [0.29, 0.717) is 6.04 Å². The van der Waals surface area contributed by atoms with Gasteiger partial charge in [-0.15, -0.1) is 0 Å². The fourth-order valence-corrected chi connectivity index (χ4v) is 4.31. The van der Waals surface area contributed by atoms with Gasteiger partial charge in [-0.3, -0.25) is 4.99 Å². The first-order valence-corrected chi connectivity index (χ1v) is 9.77. The molecule has 3 heteroatoms. The van der Waals surface area contributed by atoms with Crippen LogP contribution in [0.1, 0.15) is 50.2 Å². The molecule has 0 aromatic heterocycles. The molecule has 1 saturated carbocycles. The van der Waals surface area contributed by atoms with Crippen LogP contribution in [-0.2, 0) is 6.54 Å². The van der Waals surface area contributed by atoms with Gasteiger partial charge in [0.2, 0.25) is 0 Å². The van der Waals surface area contributed by atoms with Gasteiger partial charge in [-0.05, 0) is 54.5 Å². The van der Waals surface area contributed by atoms with Gasteiger partial charge < -0.3 is 10.6 Å². The number of aliphatic imine (C=N–C) groups is 1. The summed E-state index contributed by atoms with van der Waals surface area (Å²) >= 11 is 0. The number of hydrogen-bond acceptors (Lipinski definition) is 3. The highest BCUT2D eigenvalue weighted by Gasteiger charge is 2.27. The highest BCUT2D eigenvalue weighted by Crippen LogP contribution is 2.29. The highest BCUT2D eigenvalue weighted by atomic mass is 15.1. The van der Waals surface area contributed by atoms with Crippen molar-refractivity contribution < 1.29 is 0 Å². The number of benzene rings is 1. The zero-order chi connectivity index (χ0) is 17.1. The van der Waals surface area contributed by atoms with Crippen LogP contribution in [-0.4, -0.2) is 25.0 Å². The van der Waals surface area contributed by atoms with Gasteiger partial charge in [0.05, 0.1) is 18.4 Å². The first-order valence-electron chi connectivity index (χ1n) is 9.77. The summed E-state index contributed by atoms with van der Waals surface area (Å²) in [6, 6.07) is 9.63. The Balaban J connectivity index is 1.34. The molecule has 1 aromatic carbocycles. The second-order valence-corrected chi connectivity index (χ2v) is 7.76. The molecule has 0 bridgehead atoms. The molecular weight excluding hydrogens is 306 g/mol. The van der Waals surface area contributed by atoms with Crippen LogP contribution < -0.4 is 10.6 Å². The average Bonchev–Trinajstić information content (AvgIpc) is 3.12. The maximum absolute atomic E-state index is 4.50. The van der Waals surface area contributed by atoms with Crippen LogP contribution in [0.5, 0.6) is 0 Å². The van der Waals surface area contributed by atoms with E-state index in [1.54, 1.807) is 0 Å². The van der Waals surface area contributed by atoms with E-state index in [1.807, 2.05) is 6.34 Å². The molecular formula is C22H29N3. The van der Waals surface area contributed by atoms with E-state index in [2.05, 4.69) is 59.0 Å². The summed E-state index contributed by atoms with van der Waals surface area (Å²) in [4.78, 5) is 4.50. The molecule has 0 amide bonds. The molecule has 3 aliphatic rings. The monoisotopic (exact) mass is 335 g/mol. The Morgan fingerprint density at radius 1 is 1.12 bits per heavy atom.